The number of pyridine rings is 2. The fraction of sp³-hybridized carbons (Fsp3) is 0.304. The minimum absolute atomic E-state index is 0.0790. The van der Waals surface area contributed by atoms with E-state index in [2.05, 4.69) is 10.1 Å². The standard InChI is InChI=1S/C23H23F2N5O4/c1-2-29-12-17(23(32)33)20(31)16-11-18(25)22(26-21(16)29)30-9-7-28(8-10-30)13-19(27-34)14-3-5-15(24)6-4-14/h3-6,11-12,34H,2,7-10,13H2,1H3,(H,32,33)/b27-19-. The Bertz CT molecular complexity index is 1320. The zero-order chi connectivity index (χ0) is 24.4. The maximum absolute atomic E-state index is 15.0. The second-order valence-electron chi connectivity index (χ2n) is 7.94. The van der Waals surface area contributed by atoms with Crippen molar-refractivity contribution >= 4 is 28.5 Å². The highest BCUT2D eigenvalue weighted by Crippen LogP contribution is 2.23. The number of hydrogen-bond donors (Lipinski definition) is 2. The second kappa shape index (κ2) is 9.56. The first-order valence-electron chi connectivity index (χ1n) is 10.7. The second-order valence-corrected chi connectivity index (χ2v) is 7.94. The van der Waals surface area contributed by atoms with Crippen molar-refractivity contribution in [2.75, 3.05) is 37.6 Å². The maximum atomic E-state index is 15.0. The van der Waals surface area contributed by atoms with Gasteiger partial charge in [-0.2, -0.15) is 0 Å². The fourth-order valence-electron chi connectivity index (χ4n) is 4.04. The van der Waals surface area contributed by atoms with Crippen LogP contribution in [0.3, 0.4) is 0 Å². The molecule has 0 saturated carbocycles. The van der Waals surface area contributed by atoms with Crippen molar-refractivity contribution in [3.8, 4) is 0 Å². The molecule has 0 bridgehead atoms. The van der Waals surface area contributed by atoms with Crippen LogP contribution >= 0.6 is 0 Å². The molecule has 0 atom stereocenters. The van der Waals surface area contributed by atoms with Crippen LogP contribution in [0.2, 0.25) is 0 Å². The lowest BCUT2D eigenvalue weighted by atomic mass is 10.1. The molecule has 2 aromatic heterocycles. The van der Waals surface area contributed by atoms with Crippen LogP contribution in [0.15, 0.2) is 46.5 Å². The predicted octanol–water partition coefficient (Wildman–Crippen LogP) is 2.39. The number of piperazine rings is 1. The van der Waals surface area contributed by atoms with Gasteiger partial charge in [0.05, 0.1) is 5.39 Å². The number of nitrogens with zero attached hydrogens (tertiary/aromatic N) is 5. The number of aromatic carboxylic acids is 1. The molecule has 1 aliphatic heterocycles. The molecule has 3 heterocycles. The van der Waals surface area contributed by atoms with E-state index in [9.17, 15) is 28.7 Å². The van der Waals surface area contributed by atoms with E-state index >= 15 is 0 Å². The molecule has 0 aliphatic carbocycles. The van der Waals surface area contributed by atoms with E-state index < -0.39 is 22.8 Å². The van der Waals surface area contributed by atoms with E-state index in [-0.39, 0.29) is 22.7 Å². The van der Waals surface area contributed by atoms with E-state index in [0.29, 0.717) is 50.5 Å². The lowest BCUT2D eigenvalue weighted by molar-refractivity contribution is 0.0695. The van der Waals surface area contributed by atoms with Crippen molar-refractivity contribution in [1.29, 1.82) is 0 Å². The van der Waals surface area contributed by atoms with E-state index in [1.54, 1.807) is 11.8 Å². The molecule has 11 heteroatoms. The smallest absolute Gasteiger partial charge is 0.341 e. The molecule has 4 rings (SSSR count). The molecule has 0 amide bonds. The van der Waals surface area contributed by atoms with E-state index in [4.69, 9.17) is 0 Å². The summed E-state index contributed by atoms with van der Waals surface area (Å²) in [5, 5.41) is 22.0. The van der Waals surface area contributed by atoms with Crippen molar-refractivity contribution in [3.63, 3.8) is 0 Å². The number of benzene rings is 1. The van der Waals surface area contributed by atoms with Crippen molar-refractivity contribution in [1.82, 2.24) is 14.5 Å². The van der Waals surface area contributed by atoms with Crippen LogP contribution in [-0.4, -0.2) is 69.2 Å². The van der Waals surface area contributed by atoms with Gasteiger partial charge in [-0.25, -0.2) is 18.6 Å². The van der Waals surface area contributed by atoms with Gasteiger partial charge in [-0.1, -0.05) is 17.3 Å². The van der Waals surface area contributed by atoms with Gasteiger partial charge in [-0.15, -0.1) is 0 Å². The van der Waals surface area contributed by atoms with E-state index in [1.165, 1.54) is 35.0 Å². The molecule has 3 aromatic rings. The summed E-state index contributed by atoms with van der Waals surface area (Å²) in [5.74, 6) is -2.37. The number of oxime groups is 1. The summed E-state index contributed by atoms with van der Waals surface area (Å²) in [6.07, 6.45) is 1.23. The summed E-state index contributed by atoms with van der Waals surface area (Å²) in [6.45, 7) is 4.38. The van der Waals surface area contributed by atoms with E-state index in [0.717, 1.165) is 6.07 Å². The number of anilines is 1. The molecule has 2 N–H and O–H groups in total. The van der Waals surface area contributed by atoms with Crippen molar-refractivity contribution in [3.05, 3.63) is 69.5 Å². The molecule has 34 heavy (non-hydrogen) atoms. The highest BCUT2D eigenvalue weighted by molar-refractivity contribution is 6.01. The average molecular weight is 471 g/mol. The van der Waals surface area contributed by atoms with Crippen LogP contribution in [0, 0.1) is 11.6 Å². The first-order valence-corrected chi connectivity index (χ1v) is 10.7. The summed E-state index contributed by atoms with van der Waals surface area (Å²) >= 11 is 0. The number of halogens is 2. The lowest BCUT2D eigenvalue weighted by Crippen LogP contribution is -2.48. The van der Waals surface area contributed by atoms with Gasteiger partial charge in [0.25, 0.3) is 0 Å². The van der Waals surface area contributed by atoms with Gasteiger partial charge in [0.2, 0.25) is 5.43 Å². The topological polar surface area (TPSA) is 111 Å². The molecule has 0 unspecified atom stereocenters. The van der Waals surface area contributed by atoms with Gasteiger partial charge in [-0.3, -0.25) is 9.69 Å². The van der Waals surface area contributed by atoms with Crippen LogP contribution in [-0.2, 0) is 6.54 Å². The number of carboxylic acids is 1. The Morgan fingerprint density at radius 1 is 1.15 bits per heavy atom. The highest BCUT2D eigenvalue weighted by Gasteiger charge is 2.24. The normalized spacial score (nSPS) is 15.1. The van der Waals surface area contributed by atoms with Crippen LogP contribution in [0.1, 0.15) is 22.8 Å². The Labute approximate surface area is 193 Å². The van der Waals surface area contributed by atoms with Gasteiger partial charge in [0.1, 0.15) is 22.7 Å². The van der Waals surface area contributed by atoms with Crippen molar-refractivity contribution in [2.24, 2.45) is 5.16 Å². The molecule has 1 saturated heterocycles. The zero-order valence-corrected chi connectivity index (χ0v) is 18.4. The molecular formula is C23H23F2N5O4. The lowest BCUT2D eigenvalue weighted by Gasteiger charge is -2.35. The molecule has 0 radical (unpaired) electrons. The zero-order valence-electron chi connectivity index (χ0n) is 18.4. The number of aryl methyl sites for hydroxylation is 1. The highest BCUT2D eigenvalue weighted by atomic mass is 19.1. The monoisotopic (exact) mass is 471 g/mol. The number of carbonyl (C=O) groups is 1. The van der Waals surface area contributed by atoms with Crippen molar-refractivity contribution < 1.29 is 23.9 Å². The Hall–Kier alpha value is -3.86. The minimum atomic E-state index is -1.37. The first-order chi connectivity index (χ1) is 16.3. The summed E-state index contributed by atoms with van der Waals surface area (Å²) in [4.78, 5) is 32.1. The van der Waals surface area contributed by atoms with Gasteiger partial charge >= 0.3 is 5.97 Å². The van der Waals surface area contributed by atoms with Crippen LogP contribution < -0.4 is 10.3 Å². The molecule has 9 nitrogen and oxygen atoms in total. The first kappa shape index (κ1) is 23.3. The molecule has 178 valence electrons. The minimum Gasteiger partial charge on any atom is -0.477 e. The SMILES string of the molecule is CCn1cc(C(=O)O)c(=O)c2cc(F)c(N3CCN(C/C(=N/O)c4ccc(F)cc4)CC3)nc21. The quantitative estimate of drug-likeness (QED) is 0.323. The average Bonchev–Trinajstić information content (AvgIpc) is 2.83. The summed E-state index contributed by atoms with van der Waals surface area (Å²) in [6, 6.07) is 6.72. The Kier molecular flexibility index (Phi) is 6.55. The largest absolute Gasteiger partial charge is 0.477 e. The molecular weight excluding hydrogens is 448 g/mol. The predicted molar refractivity (Wildman–Crippen MR) is 122 cm³/mol. The molecule has 1 aromatic carbocycles. The van der Waals surface area contributed by atoms with Crippen LogP contribution in [0.4, 0.5) is 14.6 Å². The van der Waals surface area contributed by atoms with E-state index in [1.807, 2.05) is 4.90 Å². The summed E-state index contributed by atoms with van der Waals surface area (Å²) in [7, 11) is 0. The number of aromatic nitrogens is 2. The third-order valence-electron chi connectivity index (χ3n) is 5.90. The molecule has 1 fully saturated rings. The number of hydrogen-bond acceptors (Lipinski definition) is 7. The Morgan fingerprint density at radius 3 is 2.41 bits per heavy atom. The number of rotatable bonds is 6. The fourth-order valence-corrected chi connectivity index (χ4v) is 4.04. The Balaban J connectivity index is 1.54. The Morgan fingerprint density at radius 2 is 1.82 bits per heavy atom. The van der Waals surface area contributed by atoms with Crippen LogP contribution in [0.25, 0.3) is 11.0 Å². The van der Waals surface area contributed by atoms with Crippen molar-refractivity contribution in [2.45, 2.75) is 13.5 Å². The van der Waals surface area contributed by atoms with Gasteiger partial charge in [0, 0.05) is 51.0 Å². The molecule has 0 spiro atoms. The maximum Gasteiger partial charge on any atom is 0.341 e. The third-order valence-corrected chi connectivity index (χ3v) is 5.90. The van der Waals surface area contributed by atoms with Gasteiger partial charge in [0.15, 0.2) is 11.6 Å². The third kappa shape index (κ3) is 4.46. The van der Waals surface area contributed by atoms with Gasteiger partial charge in [-0.05, 0) is 25.1 Å². The van der Waals surface area contributed by atoms with Crippen LogP contribution in [0.5, 0.6) is 0 Å². The summed E-state index contributed by atoms with van der Waals surface area (Å²) in [5.41, 5.74) is 0.0184. The summed E-state index contributed by atoms with van der Waals surface area (Å²) < 4.78 is 29.7. The van der Waals surface area contributed by atoms with Gasteiger partial charge < -0.3 is 19.8 Å². The molecule has 1 aliphatic rings. The number of carboxylic acid groups (broad SMARTS) is 1. The number of fused-ring (bicyclic) bond motifs is 1.